The summed E-state index contributed by atoms with van der Waals surface area (Å²) in [5, 5.41) is 4.23. The summed E-state index contributed by atoms with van der Waals surface area (Å²) in [7, 11) is 0. The SMILES string of the molecule is CCOCC(=O)Nc1c[nH]c2ncc(Cl)c(N3CCC[C@@H](N)C3)c12. The van der Waals surface area contributed by atoms with Gasteiger partial charge in [-0.15, -0.1) is 0 Å². The lowest BCUT2D eigenvalue weighted by atomic mass is 10.1. The largest absolute Gasteiger partial charge is 0.372 e. The molecule has 8 heteroatoms. The molecule has 7 nitrogen and oxygen atoms in total. The van der Waals surface area contributed by atoms with Gasteiger partial charge in [0.05, 0.1) is 28.0 Å². The molecule has 1 fully saturated rings. The highest BCUT2D eigenvalue weighted by atomic mass is 35.5. The van der Waals surface area contributed by atoms with E-state index in [1.165, 1.54) is 0 Å². The number of amides is 1. The maximum absolute atomic E-state index is 12.0. The van der Waals surface area contributed by atoms with E-state index in [0.29, 0.717) is 23.0 Å². The Hall–Kier alpha value is -1.83. The number of halogens is 1. The van der Waals surface area contributed by atoms with Crippen molar-refractivity contribution in [2.75, 3.05) is 36.5 Å². The molecule has 0 aromatic carbocycles. The molecule has 0 radical (unpaired) electrons. The lowest BCUT2D eigenvalue weighted by Gasteiger charge is -2.33. The molecule has 4 N–H and O–H groups in total. The smallest absolute Gasteiger partial charge is 0.250 e. The molecule has 0 saturated carbocycles. The Kier molecular flexibility index (Phi) is 5.23. The van der Waals surface area contributed by atoms with Crippen LogP contribution in [-0.2, 0) is 9.53 Å². The highest BCUT2D eigenvalue weighted by molar-refractivity contribution is 6.35. The molecule has 1 saturated heterocycles. The Morgan fingerprint density at radius 3 is 3.21 bits per heavy atom. The van der Waals surface area contributed by atoms with Gasteiger partial charge in [-0.05, 0) is 19.8 Å². The van der Waals surface area contributed by atoms with Gasteiger partial charge in [0.15, 0.2) is 0 Å². The molecule has 0 aliphatic carbocycles. The van der Waals surface area contributed by atoms with Crippen molar-refractivity contribution >= 4 is 39.9 Å². The third-order valence-corrected chi connectivity index (χ3v) is 4.39. The second-order valence-corrected chi connectivity index (χ2v) is 6.32. The zero-order valence-corrected chi connectivity index (χ0v) is 14.4. The van der Waals surface area contributed by atoms with Crippen LogP contribution in [0.15, 0.2) is 12.4 Å². The molecule has 24 heavy (non-hydrogen) atoms. The number of anilines is 2. The summed E-state index contributed by atoms with van der Waals surface area (Å²) in [5.41, 5.74) is 8.31. The lowest BCUT2D eigenvalue weighted by molar-refractivity contribution is -0.120. The molecular weight excluding hydrogens is 330 g/mol. The molecular formula is C16H22ClN5O2. The van der Waals surface area contributed by atoms with Gasteiger partial charge in [-0.25, -0.2) is 4.98 Å². The van der Waals surface area contributed by atoms with E-state index in [4.69, 9.17) is 22.1 Å². The van der Waals surface area contributed by atoms with E-state index in [9.17, 15) is 4.79 Å². The number of aromatic nitrogens is 2. The lowest BCUT2D eigenvalue weighted by Crippen LogP contribution is -2.43. The normalized spacial score (nSPS) is 18.1. The molecule has 3 rings (SSSR count). The fraction of sp³-hybridized carbons (Fsp3) is 0.500. The summed E-state index contributed by atoms with van der Waals surface area (Å²) in [6.45, 7) is 3.97. The Bertz CT molecular complexity index is 733. The van der Waals surface area contributed by atoms with Gasteiger partial charge < -0.3 is 25.7 Å². The minimum Gasteiger partial charge on any atom is -0.372 e. The third kappa shape index (κ3) is 3.48. The number of pyridine rings is 1. The number of aromatic amines is 1. The molecule has 1 aliphatic heterocycles. The highest BCUT2D eigenvalue weighted by Gasteiger charge is 2.24. The quantitative estimate of drug-likeness (QED) is 0.766. The summed E-state index contributed by atoms with van der Waals surface area (Å²) < 4.78 is 5.15. The van der Waals surface area contributed by atoms with Gasteiger partial charge in [-0.3, -0.25) is 4.79 Å². The Morgan fingerprint density at radius 2 is 2.46 bits per heavy atom. The van der Waals surface area contributed by atoms with E-state index in [2.05, 4.69) is 20.2 Å². The van der Waals surface area contributed by atoms with E-state index in [1.54, 1.807) is 12.4 Å². The van der Waals surface area contributed by atoms with Crippen molar-refractivity contribution < 1.29 is 9.53 Å². The fourth-order valence-corrected chi connectivity index (χ4v) is 3.32. The summed E-state index contributed by atoms with van der Waals surface area (Å²) in [5.74, 6) is -0.209. The third-order valence-electron chi connectivity index (χ3n) is 4.11. The molecule has 1 atom stereocenters. The molecule has 0 spiro atoms. The molecule has 0 unspecified atom stereocenters. The van der Waals surface area contributed by atoms with Crippen LogP contribution in [0.1, 0.15) is 19.8 Å². The minimum atomic E-state index is -0.209. The molecule has 0 bridgehead atoms. The van der Waals surface area contributed by atoms with E-state index in [1.807, 2.05) is 6.92 Å². The number of carbonyl (C=O) groups is 1. The molecule has 3 heterocycles. The Balaban J connectivity index is 1.96. The number of hydrogen-bond acceptors (Lipinski definition) is 5. The van der Waals surface area contributed by atoms with Crippen LogP contribution in [0.5, 0.6) is 0 Å². The number of fused-ring (bicyclic) bond motifs is 1. The van der Waals surface area contributed by atoms with Crippen molar-refractivity contribution in [1.82, 2.24) is 9.97 Å². The second kappa shape index (κ2) is 7.38. The Morgan fingerprint density at radius 1 is 1.62 bits per heavy atom. The van der Waals surface area contributed by atoms with Gasteiger partial charge in [0.1, 0.15) is 12.3 Å². The van der Waals surface area contributed by atoms with Crippen LogP contribution in [0, 0.1) is 0 Å². The van der Waals surface area contributed by atoms with Crippen molar-refractivity contribution in [3.05, 3.63) is 17.4 Å². The maximum Gasteiger partial charge on any atom is 0.250 e. The molecule has 2 aromatic rings. The molecule has 130 valence electrons. The first kappa shape index (κ1) is 17.0. The molecule has 1 aliphatic rings. The summed E-state index contributed by atoms with van der Waals surface area (Å²) >= 11 is 6.44. The van der Waals surface area contributed by atoms with Crippen molar-refractivity contribution in [1.29, 1.82) is 0 Å². The first-order chi connectivity index (χ1) is 11.6. The number of nitrogens with two attached hydrogens (primary N) is 1. The first-order valence-electron chi connectivity index (χ1n) is 8.13. The number of nitrogens with one attached hydrogen (secondary N) is 2. The second-order valence-electron chi connectivity index (χ2n) is 5.91. The van der Waals surface area contributed by atoms with Crippen LogP contribution in [0.4, 0.5) is 11.4 Å². The molecule has 1 amide bonds. The number of carbonyl (C=O) groups excluding carboxylic acids is 1. The van der Waals surface area contributed by atoms with Crippen LogP contribution < -0.4 is 16.0 Å². The zero-order valence-electron chi connectivity index (χ0n) is 13.6. The van der Waals surface area contributed by atoms with Gasteiger partial charge in [0.25, 0.3) is 0 Å². The number of rotatable bonds is 5. The van der Waals surface area contributed by atoms with Gasteiger partial charge in [0, 0.05) is 31.9 Å². The maximum atomic E-state index is 12.0. The van der Waals surface area contributed by atoms with E-state index < -0.39 is 0 Å². The van der Waals surface area contributed by atoms with E-state index in [0.717, 1.165) is 37.0 Å². The summed E-state index contributed by atoms with van der Waals surface area (Å²) in [4.78, 5) is 21.6. The highest BCUT2D eigenvalue weighted by Crippen LogP contribution is 2.38. The van der Waals surface area contributed by atoms with Gasteiger partial charge in [-0.2, -0.15) is 0 Å². The number of hydrogen-bond donors (Lipinski definition) is 3. The van der Waals surface area contributed by atoms with Crippen LogP contribution in [0.25, 0.3) is 11.0 Å². The Labute approximate surface area is 145 Å². The number of H-pyrrole nitrogens is 1. The van der Waals surface area contributed by atoms with E-state index >= 15 is 0 Å². The van der Waals surface area contributed by atoms with Crippen molar-refractivity contribution in [3.8, 4) is 0 Å². The van der Waals surface area contributed by atoms with Crippen molar-refractivity contribution in [2.45, 2.75) is 25.8 Å². The fourth-order valence-electron chi connectivity index (χ4n) is 3.06. The topological polar surface area (TPSA) is 96.3 Å². The van der Waals surface area contributed by atoms with Crippen molar-refractivity contribution in [2.24, 2.45) is 5.73 Å². The zero-order chi connectivity index (χ0) is 17.1. The minimum absolute atomic E-state index is 0.0150. The summed E-state index contributed by atoms with van der Waals surface area (Å²) in [6.07, 6.45) is 5.37. The number of nitrogens with zero attached hydrogens (tertiary/aromatic N) is 2. The first-order valence-corrected chi connectivity index (χ1v) is 8.51. The van der Waals surface area contributed by atoms with Crippen molar-refractivity contribution in [3.63, 3.8) is 0 Å². The average molecular weight is 352 g/mol. The number of piperidine rings is 1. The molecule has 2 aromatic heterocycles. The number of ether oxygens (including phenoxy) is 1. The van der Waals surface area contributed by atoms with Gasteiger partial charge in [-0.1, -0.05) is 11.6 Å². The standard InChI is InChI=1S/C16H22ClN5O2/c1-2-24-9-13(23)21-12-7-20-16-14(12)15(11(17)6-19-16)22-5-3-4-10(18)8-22/h6-7,10H,2-5,8-9,18H2,1H3,(H,19,20)(H,21,23)/t10-/m1/s1. The van der Waals surface area contributed by atoms with E-state index in [-0.39, 0.29) is 18.6 Å². The summed E-state index contributed by atoms with van der Waals surface area (Å²) in [6, 6.07) is 0.118. The predicted molar refractivity (Wildman–Crippen MR) is 95.6 cm³/mol. The van der Waals surface area contributed by atoms with Crippen LogP contribution in [0.2, 0.25) is 5.02 Å². The van der Waals surface area contributed by atoms with Crippen LogP contribution in [-0.4, -0.2) is 48.2 Å². The van der Waals surface area contributed by atoms with Crippen LogP contribution >= 0.6 is 11.6 Å². The average Bonchev–Trinajstić information content (AvgIpc) is 2.95. The van der Waals surface area contributed by atoms with Crippen LogP contribution in [0.3, 0.4) is 0 Å². The monoisotopic (exact) mass is 351 g/mol. The van der Waals surface area contributed by atoms with Gasteiger partial charge in [0.2, 0.25) is 5.91 Å². The predicted octanol–water partition coefficient (Wildman–Crippen LogP) is 2.12. The van der Waals surface area contributed by atoms with Gasteiger partial charge >= 0.3 is 0 Å².